The molecule has 0 spiro atoms. The molecule has 158 valence electrons. The first-order valence-electron chi connectivity index (χ1n) is 11.5. The highest BCUT2D eigenvalue weighted by Gasteiger charge is 2.60. The van der Waals surface area contributed by atoms with Gasteiger partial charge in [-0.2, -0.15) is 0 Å². The number of carboxylic acids is 1. The molecule has 0 aromatic heterocycles. The van der Waals surface area contributed by atoms with Crippen LogP contribution < -0.4 is 0 Å². The van der Waals surface area contributed by atoms with Crippen LogP contribution in [0.4, 0.5) is 0 Å². The van der Waals surface area contributed by atoms with Gasteiger partial charge in [-0.3, -0.25) is 4.79 Å². The summed E-state index contributed by atoms with van der Waals surface area (Å²) in [4.78, 5) is 11.0. The van der Waals surface area contributed by atoms with Gasteiger partial charge in [0.2, 0.25) is 0 Å². The number of allylic oxidation sites excluding steroid dienone is 1. The van der Waals surface area contributed by atoms with Crippen LogP contribution in [-0.2, 0) is 4.79 Å². The Morgan fingerprint density at radius 1 is 1.21 bits per heavy atom. The summed E-state index contributed by atoms with van der Waals surface area (Å²) in [5.41, 5.74) is 1.56. The van der Waals surface area contributed by atoms with E-state index in [0.29, 0.717) is 35.0 Å². The molecule has 0 unspecified atom stereocenters. The van der Waals surface area contributed by atoms with Crippen LogP contribution in [0.5, 0.6) is 0 Å². The molecule has 4 aliphatic carbocycles. The van der Waals surface area contributed by atoms with E-state index in [-0.39, 0.29) is 24.5 Å². The molecule has 0 heterocycles. The van der Waals surface area contributed by atoms with Gasteiger partial charge in [-0.05, 0) is 92.8 Å². The molecular weight excluding hydrogens is 352 g/mol. The molecule has 4 rings (SSSR count). The molecule has 3 saturated carbocycles. The van der Waals surface area contributed by atoms with E-state index in [2.05, 4.69) is 19.9 Å². The zero-order valence-corrected chi connectivity index (χ0v) is 17.6. The van der Waals surface area contributed by atoms with Crippen LogP contribution in [0.1, 0.15) is 78.1 Å². The fraction of sp³-hybridized carbons (Fsp3) is 0.875. The van der Waals surface area contributed by atoms with E-state index in [1.54, 1.807) is 0 Å². The lowest BCUT2D eigenvalue weighted by atomic mass is 9.46. The van der Waals surface area contributed by atoms with E-state index >= 15 is 0 Å². The average molecular weight is 391 g/mol. The number of hydrogen-bond donors (Lipinski definition) is 3. The van der Waals surface area contributed by atoms with Crippen molar-refractivity contribution in [1.29, 1.82) is 0 Å². The summed E-state index contributed by atoms with van der Waals surface area (Å²) in [6.07, 6.45) is 11.7. The van der Waals surface area contributed by atoms with E-state index in [9.17, 15) is 15.0 Å². The lowest BCUT2D eigenvalue weighted by molar-refractivity contribution is -0.137. The molecule has 0 saturated heterocycles. The Kier molecular flexibility index (Phi) is 5.41. The normalized spacial score (nSPS) is 46.1. The highest BCUT2D eigenvalue weighted by molar-refractivity contribution is 5.66. The summed E-state index contributed by atoms with van der Waals surface area (Å²) in [6.45, 7) is 4.98. The Morgan fingerprint density at radius 3 is 2.71 bits per heavy atom. The molecular formula is C24H38O4. The molecule has 3 N–H and O–H groups in total. The van der Waals surface area contributed by atoms with Crippen LogP contribution in [0.15, 0.2) is 11.6 Å². The second-order valence-electron chi connectivity index (χ2n) is 10.7. The van der Waals surface area contributed by atoms with Crippen molar-refractivity contribution in [3.05, 3.63) is 11.6 Å². The molecule has 4 heteroatoms. The van der Waals surface area contributed by atoms with Gasteiger partial charge >= 0.3 is 5.97 Å². The topological polar surface area (TPSA) is 77.8 Å². The predicted molar refractivity (Wildman–Crippen MR) is 109 cm³/mol. The number of aliphatic hydroxyl groups is 2. The summed E-state index contributed by atoms with van der Waals surface area (Å²) in [6, 6.07) is 0. The minimum Gasteiger partial charge on any atom is -0.481 e. The molecule has 0 bridgehead atoms. The second kappa shape index (κ2) is 7.43. The fourth-order valence-corrected chi connectivity index (χ4v) is 8.26. The standard InChI is InChI=1S/C24H38O4/c1-15(3-8-22(27)28)19-6-7-20-18-5-4-16-13-17(26)9-12-24(16,14-25)21(18)10-11-23(19,20)2/h4,15,17-21,25-26H,3,5-14H2,1-2H3,(H,27,28)/t15-,17+,18+,19-,20+,21+,23-,24-/m1/s1. The molecule has 0 aliphatic heterocycles. The van der Waals surface area contributed by atoms with Gasteiger partial charge in [0.25, 0.3) is 0 Å². The van der Waals surface area contributed by atoms with E-state index in [1.807, 2.05) is 0 Å². The number of carboxylic acid groups (broad SMARTS) is 1. The maximum atomic E-state index is 11.0. The van der Waals surface area contributed by atoms with Crippen LogP contribution in [0, 0.1) is 40.4 Å². The monoisotopic (exact) mass is 390 g/mol. The Hall–Kier alpha value is -0.870. The van der Waals surface area contributed by atoms with E-state index in [4.69, 9.17) is 5.11 Å². The summed E-state index contributed by atoms with van der Waals surface area (Å²) >= 11 is 0. The van der Waals surface area contributed by atoms with Crippen molar-refractivity contribution in [2.75, 3.05) is 6.61 Å². The first-order chi connectivity index (χ1) is 13.3. The highest BCUT2D eigenvalue weighted by atomic mass is 16.4. The van der Waals surface area contributed by atoms with Crippen molar-refractivity contribution in [1.82, 2.24) is 0 Å². The Balaban J connectivity index is 1.57. The third-order valence-electron chi connectivity index (χ3n) is 9.66. The van der Waals surface area contributed by atoms with E-state index < -0.39 is 5.97 Å². The van der Waals surface area contributed by atoms with Crippen LogP contribution in [0.25, 0.3) is 0 Å². The SMILES string of the molecule is C[C@H](CCC(=O)O)[C@H]1CC[C@H]2[C@@H]3CC=C4C[C@@H](O)CC[C@]4(CO)[C@H]3CC[C@]12C. The molecule has 28 heavy (non-hydrogen) atoms. The molecule has 0 aromatic rings. The third-order valence-corrected chi connectivity index (χ3v) is 9.66. The van der Waals surface area contributed by atoms with Crippen LogP contribution in [0.2, 0.25) is 0 Å². The van der Waals surface area contributed by atoms with Gasteiger partial charge in [0, 0.05) is 11.8 Å². The van der Waals surface area contributed by atoms with Crippen LogP contribution >= 0.6 is 0 Å². The van der Waals surface area contributed by atoms with E-state index in [1.165, 1.54) is 31.3 Å². The number of rotatable bonds is 5. The second-order valence-corrected chi connectivity index (χ2v) is 10.7. The Labute approximate surface area is 169 Å². The quantitative estimate of drug-likeness (QED) is 0.608. The maximum absolute atomic E-state index is 11.0. The van der Waals surface area contributed by atoms with Gasteiger partial charge in [0.1, 0.15) is 0 Å². The van der Waals surface area contributed by atoms with E-state index in [0.717, 1.165) is 32.1 Å². The maximum Gasteiger partial charge on any atom is 0.303 e. The van der Waals surface area contributed by atoms with Gasteiger partial charge < -0.3 is 15.3 Å². The lowest BCUT2D eigenvalue weighted by Crippen LogP contribution is -2.53. The molecule has 0 radical (unpaired) electrons. The van der Waals surface area contributed by atoms with Gasteiger partial charge in [0.15, 0.2) is 0 Å². The van der Waals surface area contributed by atoms with Gasteiger partial charge in [-0.1, -0.05) is 25.5 Å². The molecule has 8 atom stereocenters. The summed E-state index contributed by atoms with van der Waals surface area (Å²) in [5.74, 6) is 2.30. The molecule has 3 fully saturated rings. The summed E-state index contributed by atoms with van der Waals surface area (Å²) in [5, 5.41) is 29.7. The zero-order valence-electron chi connectivity index (χ0n) is 17.6. The zero-order chi connectivity index (χ0) is 20.1. The minimum atomic E-state index is -0.676. The van der Waals surface area contributed by atoms with Gasteiger partial charge in [0.05, 0.1) is 12.7 Å². The fourth-order valence-electron chi connectivity index (χ4n) is 8.26. The van der Waals surface area contributed by atoms with Crippen molar-refractivity contribution in [2.45, 2.75) is 84.2 Å². The highest BCUT2D eigenvalue weighted by Crippen LogP contribution is 2.67. The molecule has 0 aromatic carbocycles. The van der Waals surface area contributed by atoms with Crippen molar-refractivity contribution in [3.63, 3.8) is 0 Å². The number of aliphatic hydroxyl groups excluding tert-OH is 2. The van der Waals surface area contributed by atoms with Crippen molar-refractivity contribution in [3.8, 4) is 0 Å². The molecule has 4 aliphatic rings. The Bertz CT molecular complexity index is 643. The average Bonchev–Trinajstić information content (AvgIpc) is 3.03. The first kappa shape index (κ1) is 20.4. The number of carbonyl (C=O) groups is 1. The van der Waals surface area contributed by atoms with Crippen LogP contribution in [-0.4, -0.2) is 34.0 Å². The Morgan fingerprint density at radius 2 is 2.00 bits per heavy atom. The van der Waals surface area contributed by atoms with Crippen molar-refractivity contribution in [2.24, 2.45) is 40.4 Å². The lowest BCUT2D eigenvalue weighted by Gasteiger charge is -2.59. The number of aliphatic carboxylic acids is 1. The minimum absolute atomic E-state index is 0.0868. The van der Waals surface area contributed by atoms with Crippen molar-refractivity contribution >= 4 is 5.97 Å². The van der Waals surface area contributed by atoms with Crippen molar-refractivity contribution < 1.29 is 20.1 Å². The number of fused-ring (bicyclic) bond motifs is 5. The molecule has 0 amide bonds. The largest absolute Gasteiger partial charge is 0.481 e. The third kappa shape index (κ3) is 3.06. The van der Waals surface area contributed by atoms with Crippen LogP contribution in [0.3, 0.4) is 0 Å². The van der Waals surface area contributed by atoms with Gasteiger partial charge in [-0.15, -0.1) is 0 Å². The van der Waals surface area contributed by atoms with Gasteiger partial charge in [-0.25, -0.2) is 0 Å². The first-order valence-corrected chi connectivity index (χ1v) is 11.5. The predicted octanol–water partition coefficient (Wildman–Crippen LogP) is 4.40. The summed E-state index contributed by atoms with van der Waals surface area (Å²) in [7, 11) is 0. The molecule has 4 nitrogen and oxygen atoms in total. The summed E-state index contributed by atoms with van der Waals surface area (Å²) < 4.78 is 0. The smallest absolute Gasteiger partial charge is 0.303 e. The number of hydrogen-bond acceptors (Lipinski definition) is 3.